The van der Waals surface area contributed by atoms with E-state index in [-0.39, 0.29) is 28.9 Å². The average molecular weight is 437 g/mol. The number of benzene rings is 3. The van der Waals surface area contributed by atoms with Crippen molar-refractivity contribution < 1.29 is 19.1 Å². The number of fused-ring (bicyclic) bond motifs is 1. The van der Waals surface area contributed by atoms with Gasteiger partial charge in [0.25, 0.3) is 0 Å². The summed E-state index contributed by atoms with van der Waals surface area (Å²) in [4.78, 5) is 39.3. The molecule has 148 valence electrons. The Labute approximate surface area is 182 Å². The number of carbonyl (C=O) groups is 3. The maximum Gasteiger partial charge on any atom is 0.343 e. The van der Waals surface area contributed by atoms with Crippen LogP contribution < -0.4 is 0 Å². The quantitative estimate of drug-likeness (QED) is 0.396. The second-order valence-electron chi connectivity index (χ2n) is 6.63. The van der Waals surface area contributed by atoms with Crippen LogP contribution in [-0.4, -0.2) is 17.5 Å². The molecule has 1 aliphatic rings. The second-order valence-corrected chi connectivity index (χ2v) is 7.48. The Morgan fingerprint density at radius 3 is 2.10 bits per heavy atom. The van der Waals surface area contributed by atoms with Crippen molar-refractivity contribution in [3.8, 4) is 0 Å². The van der Waals surface area contributed by atoms with Gasteiger partial charge in [-0.1, -0.05) is 83.9 Å². The molecule has 0 unspecified atom stereocenters. The van der Waals surface area contributed by atoms with E-state index < -0.39 is 17.5 Å². The molecule has 0 bridgehead atoms. The molecule has 3 aromatic rings. The van der Waals surface area contributed by atoms with E-state index in [1.54, 1.807) is 60.7 Å². The highest BCUT2D eigenvalue weighted by Crippen LogP contribution is 2.33. The smallest absolute Gasteiger partial charge is 0.343 e. The van der Waals surface area contributed by atoms with Gasteiger partial charge in [0.2, 0.25) is 5.78 Å². The summed E-state index contributed by atoms with van der Waals surface area (Å²) in [6.45, 7) is -0.163. The van der Waals surface area contributed by atoms with Crippen LogP contribution in [0, 0.1) is 0 Å². The van der Waals surface area contributed by atoms with Crippen molar-refractivity contribution in [1.82, 2.24) is 0 Å². The number of carbonyl (C=O) groups excluding carboxylic acids is 3. The Balaban J connectivity index is 1.76. The summed E-state index contributed by atoms with van der Waals surface area (Å²) in [7, 11) is 0. The summed E-state index contributed by atoms with van der Waals surface area (Å²) in [6.07, 6.45) is 0. The summed E-state index contributed by atoms with van der Waals surface area (Å²) in [6, 6.07) is 19.8. The highest BCUT2D eigenvalue weighted by Gasteiger charge is 2.37. The van der Waals surface area contributed by atoms with Gasteiger partial charge in [-0.2, -0.15) is 0 Å². The van der Waals surface area contributed by atoms with E-state index >= 15 is 0 Å². The van der Waals surface area contributed by atoms with Gasteiger partial charge in [-0.05, 0) is 17.7 Å². The SMILES string of the molecule is O=C(OCc1ccc(Cl)cc1Cl)C1=C(c2ccccc2)C(=O)c2ccccc2C1=O. The molecule has 3 aromatic carbocycles. The predicted octanol–water partition coefficient (Wildman–Crippen LogP) is 5.57. The average Bonchev–Trinajstić information content (AvgIpc) is 2.76. The van der Waals surface area contributed by atoms with Crippen molar-refractivity contribution in [3.63, 3.8) is 0 Å². The maximum atomic E-state index is 13.2. The third kappa shape index (κ3) is 3.67. The largest absolute Gasteiger partial charge is 0.457 e. The molecular weight excluding hydrogens is 423 g/mol. The molecule has 6 heteroatoms. The topological polar surface area (TPSA) is 60.4 Å². The Morgan fingerprint density at radius 2 is 1.43 bits per heavy atom. The zero-order valence-electron chi connectivity index (χ0n) is 15.5. The minimum absolute atomic E-state index is 0.0338. The van der Waals surface area contributed by atoms with Crippen molar-refractivity contribution >= 4 is 46.3 Å². The molecule has 0 N–H and O–H groups in total. The number of Topliss-reactive ketones (excluding diaryl/α,β-unsaturated/α-hetero) is 2. The van der Waals surface area contributed by atoms with Crippen LogP contribution in [0.2, 0.25) is 10.0 Å². The lowest BCUT2D eigenvalue weighted by Gasteiger charge is -2.20. The molecule has 0 aromatic heterocycles. The standard InChI is InChI=1S/C24H14Cl2O4/c25-16-11-10-15(19(26)12-16)13-30-24(29)21-20(14-6-2-1-3-7-14)22(27)17-8-4-5-9-18(17)23(21)28/h1-12H,13H2. The second kappa shape index (κ2) is 8.27. The number of rotatable bonds is 4. The molecule has 0 saturated heterocycles. The van der Waals surface area contributed by atoms with Crippen LogP contribution in [0.25, 0.3) is 5.57 Å². The number of hydrogen-bond acceptors (Lipinski definition) is 4. The predicted molar refractivity (Wildman–Crippen MR) is 115 cm³/mol. The lowest BCUT2D eigenvalue weighted by Crippen LogP contribution is -2.27. The molecule has 0 heterocycles. The Morgan fingerprint density at radius 1 is 0.800 bits per heavy atom. The fourth-order valence-electron chi connectivity index (χ4n) is 3.30. The van der Waals surface area contributed by atoms with E-state index in [1.165, 1.54) is 12.1 Å². The Kier molecular flexibility index (Phi) is 5.53. The van der Waals surface area contributed by atoms with Crippen LogP contribution in [0.4, 0.5) is 0 Å². The molecule has 4 rings (SSSR count). The van der Waals surface area contributed by atoms with Gasteiger partial charge in [-0.3, -0.25) is 9.59 Å². The Hall–Kier alpha value is -3.21. The summed E-state index contributed by atoms with van der Waals surface area (Å²) in [5.41, 5.74) is 1.20. The van der Waals surface area contributed by atoms with Gasteiger partial charge in [-0.25, -0.2) is 4.79 Å². The summed E-state index contributed by atoms with van der Waals surface area (Å²) >= 11 is 12.0. The fraction of sp³-hybridized carbons (Fsp3) is 0.0417. The lowest BCUT2D eigenvalue weighted by molar-refractivity contribution is -0.139. The normalized spacial score (nSPS) is 13.3. The summed E-state index contributed by atoms with van der Waals surface area (Å²) in [5, 5.41) is 0.790. The summed E-state index contributed by atoms with van der Waals surface area (Å²) in [5.74, 6) is -1.82. The van der Waals surface area contributed by atoms with Gasteiger partial charge in [0, 0.05) is 32.3 Å². The van der Waals surface area contributed by atoms with Crippen molar-refractivity contribution in [1.29, 1.82) is 0 Å². The first kappa shape index (κ1) is 20.1. The first-order valence-corrected chi connectivity index (χ1v) is 9.82. The van der Waals surface area contributed by atoms with E-state index in [4.69, 9.17) is 27.9 Å². The highest BCUT2D eigenvalue weighted by molar-refractivity contribution is 6.46. The molecule has 0 radical (unpaired) electrons. The first-order valence-electron chi connectivity index (χ1n) is 9.06. The van der Waals surface area contributed by atoms with Crippen LogP contribution in [0.15, 0.2) is 78.4 Å². The van der Waals surface area contributed by atoms with Crippen molar-refractivity contribution in [2.45, 2.75) is 6.61 Å². The zero-order valence-corrected chi connectivity index (χ0v) is 17.0. The Bertz CT molecular complexity index is 1210. The molecule has 0 saturated carbocycles. The van der Waals surface area contributed by atoms with Gasteiger partial charge < -0.3 is 4.74 Å². The zero-order chi connectivity index (χ0) is 21.3. The molecule has 0 fully saturated rings. The van der Waals surface area contributed by atoms with Crippen LogP contribution >= 0.6 is 23.2 Å². The first-order chi connectivity index (χ1) is 14.5. The summed E-state index contributed by atoms with van der Waals surface area (Å²) < 4.78 is 5.38. The van der Waals surface area contributed by atoms with E-state index in [9.17, 15) is 14.4 Å². The van der Waals surface area contributed by atoms with Crippen LogP contribution in [0.5, 0.6) is 0 Å². The maximum absolute atomic E-state index is 13.2. The fourth-order valence-corrected chi connectivity index (χ4v) is 3.77. The highest BCUT2D eigenvalue weighted by atomic mass is 35.5. The number of allylic oxidation sites excluding steroid dienone is 1. The van der Waals surface area contributed by atoms with E-state index in [0.29, 0.717) is 21.2 Å². The third-order valence-corrected chi connectivity index (χ3v) is 5.35. The number of halogens is 2. The molecule has 4 nitrogen and oxygen atoms in total. The van der Waals surface area contributed by atoms with E-state index in [1.807, 2.05) is 0 Å². The minimum Gasteiger partial charge on any atom is -0.457 e. The molecule has 30 heavy (non-hydrogen) atoms. The molecule has 0 atom stereocenters. The number of esters is 1. The number of ketones is 2. The molecular formula is C24H14Cl2O4. The van der Waals surface area contributed by atoms with Crippen molar-refractivity contribution in [2.24, 2.45) is 0 Å². The monoisotopic (exact) mass is 436 g/mol. The van der Waals surface area contributed by atoms with Gasteiger partial charge in [0.05, 0.1) is 0 Å². The van der Waals surface area contributed by atoms with Crippen LogP contribution in [0.3, 0.4) is 0 Å². The van der Waals surface area contributed by atoms with E-state index in [2.05, 4.69) is 0 Å². The van der Waals surface area contributed by atoms with Crippen molar-refractivity contribution in [2.75, 3.05) is 0 Å². The molecule has 0 amide bonds. The van der Waals surface area contributed by atoms with Crippen LogP contribution in [0.1, 0.15) is 31.8 Å². The number of hydrogen-bond donors (Lipinski definition) is 0. The van der Waals surface area contributed by atoms with Crippen molar-refractivity contribution in [3.05, 3.63) is 111 Å². The molecule has 1 aliphatic carbocycles. The minimum atomic E-state index is -0.882. The third-order valence-electron chi connectivity index (χ3n) is 4.76. The lowest BCUT2D eigenvalue weighted by atomic mass is 9.81. The van der Waals surface area contributed by atoms with Crippen LogP contribution in [-0.2, 0) is 16.1 Å². The van der Waals surface area contributed by atoms with Gasteiger partial charge in [0.15, 0.2) is 5.78 Å². The van der Waals surface area contributed by atoms with Gasteiger partial charge in [-0.15, -0.1) is 0 Å². The number of ether oxygens (including phenoxy) is 1. The van der Waals surface area contributed by atoms with E-state index in [0.717, 1.165) is 0 Å². The molecule has 0 spiro atoms. The van der Waals surface area contributed by atoms with Gasteiger partial charge >= 0.3 is 5.97 Å². The van der Waals surface area contributed by atoms with Gasteiger partial charge in [0.1, 0.15) is 12.2 Å². The molecule has 0 aliphatic heterocycles.